The third kappa shape index (κ3) is 2.99. The predicted octanol–water partition coefficient (Wildman–Crippen LogP) is 7.08. The first-order valence-electron chi connectivity index (χ1n) is 10.6. The van der Waals surface area contributed by atoms with E-state index >= 15 is 0 Å². The molecule has 0 aromatic rings. The van der Waals surface area contributed by atoms with E-state index in [0.717, 1.165) is 34.8 Å². The Kier molecular flexibility index (Phi) is 5.04. The smallest absolute Gasteiger partial charge is 0.0579 e. The van der Waals surface area contributed by atoms with Crippen LogP contribution in [0.5, 0.6) is 0 Å². The monoisotopic (exact) mass is 350 g/mol. The maximum absolute atomic E-state index is 3.98. The van der Waals surface area contributed by atoms with Crippen molar-refractivity contribution in [3.8, 4) is 0 Å². The minimum Gasteiger partial charge on any atom is -0.103 e. The number of fused-ring (bicyclic) bond motifs is 3. The van der Waals surface area contributed by atoms with Gasteiger partial charge in [0.1, 0.15) is 0 Å². The quantitative estimate of drug-likeness (QED) is 0.273. The second-order valence-electron chi connectivity index (χ2n) is 9.04. The van der Waals surface area contributed by atoms with Gasteiger partial charge in [-0.15, -0.1) is 6.58 Å². The molecular weight excluding hydrogens is 316 g/mol. The molecule has 2 fully saturated rings. The normalized spacial score (nSPS) is 38.5. The van der Waals surface area contributed by atoms with Gasteiger partial charge in [-0.25, -0.2) is 0 Å². The van der Waals surface area contributed by atoms with E-state index in [9.17, 15) is 0 Å². The second-order valence-corrected chi connectivity index (χ2v) is 14.0. The van der Waals surface area contributed by atoms with E-state index in [1.54, 1.807) is 0 Å². The summed E-state index contributed by atoms with van der Waals surface area (Å²) in [5, 5.41) is 0. The van der Waals surface area contributed by atoms with Gasteiger partial charge in [-0.05, 0) is 41.2 Å². The van der Waals surface area contributed by atoms with Crippen LogP contribution in [0.4, 0.5) is 0 Å². The number of hydrogen-bond donors (Lipinski definition) is 0. The van der Waals surface area contributed by atoms with Crippen LogP contribution in [0.15, 0.2) is 61.3 Å². The summed E-state index contributed by atoms with van der Waals surface area (Å²) in [5.74, 6) is 3.06. The Balaban J connectivity index is 1.70. The molecule has 0 aromatic carbocycles. The van der Waals surface area contributed by atoms with Crippen molar-refractivity contribution in [2.75, 3.05) is 0 Å². The lowest BCUT2D eigenvalue weighted by Crippen LogP contribution is -2.45. The molecule has 4 rings (SSSR count). The Morgan fingerprint density at radius 2 is 1.40 bits per heavy atom. The maximum Gasteiger partial charge on any atom is 0.0579 e. The fourth-order valence-electron chi connectivity index (χ4n) is 6.76. The molecule has 0 bridgehead atoms. The number of allylic oxidation sites excluding steroid dienone is 9. The molecule has 0 saturated heterocycles. The maximum atomic E-state index is 3.98. The molecule has 0 aromatic heterocycles. The van der Waals surface area contributed by atoms with Crippen LogP contribution in [0.25, 0.3) is 0 Å². The third-order valence-corrected chi connectivity index (χ3v) is 14.1. The lowest BCUT2D eigenvalue weighted by molar-refractivity contribution is 0.461. The van der Waals surface area contributed by atoms with E-state index in [2.05, 4.69) is 67.8 Å². The average Bonchev–Trinajstić information content (AvgIpc) is 3.29. The van der Waals surface area contributed by atoms with Crippen LogP contribution in [0.2, 0.25) is 23.7 Å². The molecule has 5 unspecified atom stereocenters. The predicted molar refractivity (Wildman–Crippen MR) is 112 cm³/mol. The van der Waals surface area contributed by atoms with E-state index in [1.165, 1.54) is 44.6 Å². The van der Waals surface area contributed by atoms with Gasteiger partial charge in [-0.3, -0.25) is 0 Å². The largest absolute Gasteiger partial charge is 0.103 e. The third-order valence-electron chi connectivity index (χ3n) is 7.89. The van der Waals surface area contributed by atoms with E-state index in [-0.39, 0.29) is 0 Å². The van der Waals surface area contributed by atoms with Crippen molar-refractivity contribution < 1.29 is 0 Å². The SMILES string of the molecule is C=CCCC[Si](C)(C1CCCC1)C1C2C=CC=CC2C2C=CC=CC21. The molecule has 0 spiro atoms. The highest BCUT2D eigenvalue weighted by atomic mass is 28.3. The van der Waals surface area contributed by atoms with Gasteiger partial charge >= 0.3 is 0 Å². The average molecular weight is 351 g/mol. The minimum absolute atomic E-state index is 0.744. The molecule has 2 saturated carbocycles. The van der Waals surface area contributed by atoms with Crippen LogP contribution in [0.1, 0.15) is 38.5 Å². The highest BCUT2D eigenvalue weighted by Gasteiger charge is 2.56. The molecule has 4 aliphatic carbocycles. The molecule has 0 amide bonds. The van der Waals surface area contributed by atoms with E-state index in [0.29, 0.717) is 0 Å². The lowest BCUT2D eigenvalue weighted by Gasteiger charge is -2.45. The second kappa shape index (κ2) is 7.27. The van der Waals surface area contributed by atoms with Gasteiger partial charge in [0, 0.05) is 0 Å². The molecule has 5 atom stereocenters. The molecule has 134 valence electrons. The Labute approximate surface area is 155 Å². The molecule has 0 radical (unpaired) electrons. The van der Waals surface area contributed by atoms with Gasteiger partial charge in [0.25, 0.3) is 0 Å². The lowest BCUT2D eigenvalue weighted by atomic mass is 9.83. The first-order valence-corrected chi connectivity index (χ1v) is 13.4. The fraction of sp³-hybridized carbons (Fsp3) is 0.583. The summed E-state index contributed by atoms with van der Waals surface area (Å²) in [6, 6.07) is 1.51. The highest BCUT2D eigenvalue weighted by molar-refractivity contribution is 6.81. The highest BCUT2D eigenvalue weighted by Crippen LogP contribution is 2.62. The summed E-state index contributed by atoms with van der Waals surface area (Å²) in [5.41, 5.74) is 1.98. The summed E-state index contributed by atoms with van der Waals surface area (Å²) in [4.78, 5) is 0. The van der Waals surface area contributed by atoms with Crippen LogP contribution in [-0.4, -0.2) is 8.07 Å². The Morgan fingerprint density at radius 3 is 1.92 bits per heavy atom. The van der Waals surface area contributed by atoms with Gasteiger partial charge in [0.05, 0.1) is 8.07 Å². The summed E-state index contributed by atoms with van der Waals surface area (Å²) in [7, 11) is -1.36. The zero-order valence-electron chi connectivity index (χ0n) is 15.8. The molecule has 1 heteroatoms. The zero-order valence-corrected chi connectivity index (χ0v) is 16.8. The molecule has 0 heterocycles. The van der Waals surface area contributed by atoms with Crippen LogP contribution < -0.4 is 0 Å². The van der Waals surface area contributed by atoms with Crippen molar-refractivity contribution in [2.45, 2.75) is 62.2 Å². The number of rotatable bonds is 6. The van der Waals surface area contributed by atoms with Crippen molar-refractivity contribution in [3.63, 3.8) is 0 Å². The van der Waals surface area contributed by atoms with Crippen molar-refractivity contribution in [3.05, 3.63) is 61.3 Å². The van der Waals surface area contributed by atoms with Gasteiger partial charge in [-0.1, -0.05) is 99.4 Å². The minimum atomic E-state index is -1.36. The molecule has 25 heavy (non-hydrogen) atoms. The number of unbranched alkanes of at least 4 members (excludes halogenated alkanes) is 1. The van der Waals surface area contributed by atoms with Gasteiger partial charge in [0.15, 0.2) is 0 Å². The van der Waals surface area contributed by atoms with Gasteiger partial charge < -0.3 is 0 Å². The summed E-state index contributed by atoms with van der Waals surface area (Å²) < 4.78 is 0. The molecule has 0 aliphatic heterocycles. The Morgan fingerprint density at radius 1 is 0.880 bits per heavy atom. The van der Waals surface area contributed by atoms with Crippen LogP contribution in [0, 0.1) is 23.7 Å². The van der Waals surface area contributed by atoms with E-state index < -0.39 is 8.07 Å². The van der Waals surface area contributed by atoms with Crippen LogP contribution >= 0.6 is 0 Å². The van der Waals surface area contributed by atoms with Crippen LogP contribution in [0.3, 0.4) is 0 Å². The Hall–Kier alpha value is -1.08. The van der Waals surface area contributed by atoms with Crippen molar-refractivity contribution in [1.29, 1.82) is 0 Å². The zero-order chi connectivity index (χ0) is 17.3. The summed E-state index contributed by atoms with van der Waals surface area (Å²) >= 11 is 0. The topological polar surface area (TPSA) is 0 Å². The summed E-state index contributed by atoms with van der Waals surface area (Å²) in [6.07, 6.45) is 30.2. The van der Waals surface area contributed by atoms with Crippen LogP contribution in [-0.2, 0) is 0 Å². The first-order chi connectivity index (χ1) is 12.3. The number of hydrogen-bond acceptors (Lipinski definition) is 0. The standard InChI is InChI=1S/C24H34Si/c1-3-4-11-18-25(2,19-12-5-6-13-19)24-22-16-9-7-14-20(22)21-15-8-10-17-23(21)24/h3,7-10,14-17,19-24H,1,4-6,11-13,18H2,2H3. The van der Waals surface area contributed by atoms with E-state index in [1.807, 2.05) is 0 Å². The van der Waals surface area contributed by atoms with Crippen molar-refractivity contribution >= 4 is 8.07 Å². The summed E-state index contributed by atoms with van der Waals surface area (Å²) in [6.45, 7) is 6.78. The first kappa shape index (κ1) is 17.3. The van der Waals surface area contributed by atoms with Gasteiger partial charge in [-0.2, -0.15) is 0 Å². The molecule has 4 aliphatic rings. The van der Waals surface area contributed by atoms with Crippen molar-refractivity contribution in [2.24, 2.45) is 23.7 Å². The Bertz CT molecular complexity index is 570. The van der Waals surface area contributed by atoms with E-state index in [4.69, 9.17) is 0 Å². The molecule has 0 nitrogen and oxygen atoms in total. The molecular formula is C24H34Si. The van der Waals surface area contributed by atoms with Crippen molar-refractivity contribution in [1.82, 2.24) is 0 Å². The fourth-order valence-corrected chi connectivity index (χ4v) is 13.2. The van der Waals surface area contributed by atoms with Gasteiger partial charge in [0.2, 0.25) is 0 Å². The molecule has 0 N–H and O–H groups in total.